The first-order chi connectivity index (χ1) is 12.6. The second-order valence-electron chi connectivity index (χ2n) is 6.07. The van der Waals surface area contributed by atoms with Gasteiger partial charge in [0, 0.05) is 15.1 Å². The van der Waals surface area contributed by atoms with Gasteiger partial charge in [0.2, 0.25) is 5.91 Å². The van der Waals surface area contributed by atoms with Gasteiger partial charge in [-0.15, -0.1) is 23.1 Å². The summed E-state index contributed by atoms with van der Waals surface area (Å²) in [7, 11) is 1.38. The molecule has 0 atom stereocenters. The Morgan fingerprint density at radius 3 is 2.69 bits per heavy atom. The van der Waals surface area contributed by atoms with E-state index in [-0.39, 0.29) is 11.9 Å². The highest BCUT2D eigenvalue weighted by atomic mass is 79.9. The van der Waals surface area contributed by atoms with Crippen molar-refractivity contribution >= 4 is 55.9 Å². The van der Waals surface area contributed by atoms with Crippen LogP contribution in [0.2, 0.25) is 0 Å². The summed E-state index contributed by atoms with van der Waals surface area (Å²) in [5.41, 5.74) is 2.79. The van der Waals surface area contributed by atoms with E-state index in [9.17, 15) is 9.59 Å². The van der Waals surface area contributed by atoms with E-state index < -0.39 is 0 Å². The van der Waals surface area contributed by atoms with Crippen LogP contribution in [-0.4, -0.2) is 24.7 Å². The summed E-state index contributed by atoms with van der Waals surface area (Å²) in [6, 6.07) is 8.07. The van der Waals surface area contributed by atoms with Gasteiger partial charge in [0.25, 0.3) is 0 Å². The van der Waals surface area contributed by atoms with Gasteiger partial charge in [-0.05, 0) is 48.9 Å². The number of hydrogen-bond donors (Lipinski definition) is 1. The predicted molar refractivity (Wildman–Crippen MR) is 111 cm³/mol. The molecule has 0 saturated carbocycles. The molecule has 0 spiro atoms. The number of anilines is 1. The lowest BCUT2D eigenvalue weighted by Gasteiger charge is -2.11. The van der Waals surface area contributed by atoms with E-state index in [1.807, 2.05) is 24.3 Å². The van der Waals surface area contributed by atoms with E-state index in [0.717, 1.165) is 41.5 Å². The molecular formula is C19H20BrNO3S2. The third kappa shape index (κ3) is 4.69. The van der Waals surface area contributed by atoms with E-state index >= 15 is 0 Å². The van der Waals surface area contributed by atoms with Crippen LogP contribution in [0.25, 0.3) is 0 Å². The standard InChI is InChI=1S/C19H20BrNO3S2/c1-24-19(23)17-14-4-2-3-5-15(14)26-18(17)21-16(22)11-25-10-12-6-8-13(20)9-7-12/h6-9H,2-5,10-11H2,1H3,(H,21,22). The van der Waals surface area contributed by atoms with Gasteiger partial charge in [-0.3, -0.25) is 4.79 Å². The number of hydrogen-bond acceptors (Lipinski definition) is 5. The van der Waals surface area contributed by atoms with E-state index in [1.54, 1.807) is 11.8 Å². The molecule has 2 aromatic rings. The highest BCUT2D eigenvalue weighted by Crippen LogP contribution is 2.38. The number of halogens is 1. The Bertz CT molecular complexity index is 802. The third-order valence-corrected chi connectivity index (χ3v) is 6.97. The summed E-state index contributed by atoms with van der Waals surface area (Å²) in [6.45, 7) is 0. The average Bonchev–Trinajstić information content (AvgIpc) is 3.00. The zero-order valence-corrected chi connectivity index (χ0v) is 17.7. The Morgan fingerprint density at radius 1 is 1.23 bits per heavy atom. The molecule has 0 fully saturated rings. The topological polar surface area (TPSA) is 55.4 Å². The summed E-state index contributed by atoms with van der Waals surface area (Å²) >= 11 is 6.49. The first-order valence-electron chi connectivity index (χ1n) is 8.43. The lowest BCUT2D eigenvalue weighted by Crippen LogP contribution is -2.16. The van der Waals surface area contributed by atoms with Crippen LogP contribution in [0.15, 0.2) is 28.7 Å². The van der Waals surface area contributed by atoms with Crippen molar-refractivity contribution in [3.8, 4) is 0 Å². The molecule has 0 saturated heterocycles. The molecule has 0 aliphatic heterocycles. The van der Waals surface area contributed by atoms with Crippen molar-refractivity contribution < 1.29 is 14.3 Å². The molecule has 4 nitrogen and oxygen atoms in total. The molecule has 26 heavy (non-hydrogen) atoms. The molecule has 1 aliphatic carbocycles. The molecule has 1 aromatic heterocycles. The number of rotatable bonds is 6. The van der Waals surface area contributed by atoms with Crippen molar-refractivity contribution in [2.75, 3.05) is 18.2 Å². The quantitative estimate of drug-likeness (QED) is 0.621. The number of aryl methyl sites for hydroxylation is 1. The van der Waals surface area contributed by atoms with Gasteiger partial charge in [0.15, 0.2) is 0 Å². The van der Waals surface area contributed by atoms with E-state index in [1.165, 1.54) is 28.9 Å². The van der Waals surface area contributed by atoms with Crippen molar-refractivity contribution in [2.24, 2.45) is 0 Å². The normalized spacial score (nSPS) is 13.2. The van der Waals surface area contributed by atoms with Crippen LogP contribution in [-0.2, 0) is 28.1 Å². The van der Waals surface area contributed by atoms with Crippen LogP contribution in [0.3, 0.4) is 0 Å². The number of ether oxygens (including phenoxy) is 1. The largest absolute Gasteiger partial charge is 0.465 e. The van der Waals surface area contributed by atoms with Crippen molar-refractivity contribution in [1.82, 2.24) is 0 Å². The second-order valence-corrected chi connectivity index (χ2v) is 9.08. The van der Waals surface area contributed by atoms with Crippen LogP contribution >= 0.6 is 39.0 Å². The molecule has 3 rings (SSSR count). The Labute approximate surface area is 169 Å². The molecule has 1 N–H and O–H groups in total. The predicted octanol–water partition coefficient (Wildman–Crippen LogP) is 5.05. The number of nitrogens with one attached hydrogen (secondary N) is 1. The zero-order chi connectivity index (χ0) is 18.5. The number of thiophene rings is 1. The number of carbonyl (C=O) groups is 2. The van der Waals surface area contributed by atoms with Crippen molar-refractivity contribution in [3.05, 3.63) is 50.3 Å². The third-order valence-electron chi connectivity index (χ3n) is 4.23. The number of benzene rings is 1. The zero-order valence-electron chi connectivity index (χ0n) is 14.5. The fourth-order valence-corrected chi connectivity index (χ4v) is 5.32. The van der Waals surface area contributed by atoms with E-state index in [2.05, 4.69) is 21.2 Å². The second kappa shape index (κ2) is 9.06. The molecule has 1 aromatic carbocycles. The summed E-state index contributed by atoms with van der Waals surface area (Å²) in [4.78, 5) is 25.8. The molecule has 0 unspecified atom stereocenters. The minimum Gasteiger partial charge on any atom is -0.465 e. The number of methoxy groups -OCH3 is 1. The van der Waals surface area contributed by atoms with Crippen LogP contribution < -0.4 is 5.32 Å². The van der Waals surface area contributed by atoms with Gasteiger partial charge >= 0.3 is 5.97 Å². The fraction of sp³-hybridized carbons (Fsp3) is 0.368. The van der Waals surface area contributed by atoms with Gasteiger partial charge in [-0.2, -0.15) is 0 Å². The molecule has 1 aliphatic rings. The molecule has 0 bridgehead atoms. The van der Waals surface area contributed by atoms with E-state index in [0.29, 0.717) is 16.3 Å². The molecule has 1 heterocycles. The summed E-state index contributed by atoms with van der Waals surface area (Å²) in [6.07, 6.45) is 4.05. The Kier molecular flexibility index (Phi) is 6.78. The molecule has 7 heteroatoms. The van der Waals surface area contributed by atoms with Crippen molar-refractivity contribution in [3.63, 3.8) is 0 Å². The minimum absolute atomic E-state index is 0.0872. The first kappa shape index (κ1) is 19.5. The Morgan fingerprint density at radius 2 is 1.96 bits per heavy atom. The summed E-state index contributed by atoms with van der Waals surface area (Å²) in [5.74, 6) is 0.670. The Balaban J connectivity index is 1.62. The van der Waals surface area contributed by atoms with Crippen LogP contribution in [0.1, 0.15) is 39.2 Å². The van der Waals surface area contributed by atoms with E-state index in [4.69, 9.17) is 4.74 Å². The maximum atomic E-state index is 12.3. The molecular weight excluding hydrogens is 434 g/mol. The van der Waals surface area contributed by atoms with Gasteiger partial charge in [0.05, 0.1) is 18.4 Å². The Hall–Kier alpha value is -1.31. The monoisotopic (exact) mass is 453 g/mol. The minimum atomic E-state index is -0.359. The smallest absolute Gasteiger partial charge is 0.341 e. The number of esters is 1. The van der Waals surface area contributed by atoms with Gasteiger partial charge < -0.3 is 10.1 Å². The van der Waals surface area contributed by atoms with Gasteiger partial charge in [0.1, 0.15) is 5.00 Å². The highest BCUT2D eigenvalue weighted by Gasteiger charge is 2.26. The molecule has 1 amide bonds. The number of fused-ring (bicyclic) bond motifs is 1. The fourth-order valence-electron chi connectivity index (χ4n) is 2.98. The SMILES string of the molecule is COC(=O)c1c(NC(=O)CSCc2ccc(Br)cc2)sc2c1CCCC2. The number of carbonyl (C=O) groups excluding carboxylic acids is 2. The van der Waals surface area contributed by atoms with Crippen LogP contribution in [0.5, 0.6) is 0 Å². The van der Waals surface area contributed by atoms with Gasteiger partial charge in [-0.25, -0.2) is 4.79 Å². The number of thioether (sulfide) groups is 1. The molecule has 0 radical (unpaired) electrons. The van der Waals surface area contributed by atoms with Gasteiger partial charge in [-0.1, -0.05) is 28.1 Å². The van der Waals surface area contributed by atoms with Crippen LogP contribution in [0.4, 0.5) is 5.00 Å². The maximum absolute atomic E-state index is 12.3. The lowest BCUT2D eigenvalue weighted by molar-refractivity contribution is -0.113. The summed E-state index contributed by atoms with van der Waals surface area (Å²) < 4.78 is 5.98. The van der Waals surface area contributed by atoms with Crippen molar-refractivity contribution in [1.29, 1.82) is 0 Å². The first-order valence-corrected chi connectivity index (χ1v) is 11.2. The molecule has 138 valence electrons. The van der Waals surface area contributed by atoms with Crippen molar-refractivity contribution in [2.45, 2.75) is 31.4 Å². The average molecular weight is 454 g/mol. The number of amides is 1. The van der Waals surface area contributed by atoms with Crippen LogP contribution in [0, 0.1) is 0 Å². The lowest BCUT2D eigenvalue weighted by atomic mass is 9.95. The maximum Gasteiger partial charge on any atom is 0.341 e. The highest BCUT2D eigenvalue weighted by molar-refractivity contribution is 9.10. The summed E-state index contributed by atoms with van der Waals surface area (Å²) in [5, 5.41) is 3.57.